The van der Waals surface area contributed by atoms with Crippen molar-refractivity contribution in [2.24, 2.45) is 0 Å². The van der Waals surface area contributed by atoms with Crippen LogP contribution in [0.3, 0.4) is 0 Å². The molecule has 5 heterocycles. The summed E-state index contributed by atoms with van der Waals surface area (Å²) in [7, 11) is 1.48. The number of benzene rings is 1. The van der Waals surface area contributed by atoms with Gasteiger partial charge < -0.3 is 14.4 Å². The Morgan fingerprint density at radius 2 is 2.02 bits per heavy atom. The SMILES string of the molecule is C=CC(=O)N1Cc2cc(-c3nc(-c4cnn(C(F)F)c4)c4ccsc4c3-c3c(F)cc(F)cc3OCCOC)nn2C[C@H]1C. The highest BCUT2D eigenvalue weighted by molar-refractivity contribution is 7.18. The van der Waals surface area contributed by atoms with E-state index in [4.69, 9.17) is 19.6 Å². The molecule has 0 fully saturated rings. The minimum Gasteiger partial charge on any atom is -0.490 e. The van der Waals surface area contributed by atoms with Crippen LogP contribution in [0.5, 0.6) is 5.75 Å². The van der Waals surface area contributed by atoms with Gasteiger partial charge in [0.05, 0.1) is 42.8 Å². The topological polar surface area (TPSA) is 87.3 Å². The largest absolute Gasteiger partial charge is 0.490 e. The Hall–Kier alpha value is -4.56. The van der Waals surface area contributed by atoms with E-state index in [9.17, 15) is 18.0 Å². The number of hydrogen-bond acceptors (Lipinski definition) is 7. The number of carbonyl (C=O) groups excluding carboxylic acids is 1. The number of hydrogen-bond donors (Lipinski definition) is 0. The lowest BCUT2D eigenvalue weighted by molar-refractivity contribution is -0.129. The molecule has 1 aliphatic rings. The number of carbonyl (C=O) groups is 1. The monoisotopic (exact) mass is 626 g/mol. The first-order valence-corrected chi connectivity index (χ1v) is 14.4. The van der Waals surface area contributed by atoms with Gasteiger partial charge in [0, 0.05) is 52.7 Å². The van der Waals surface area contributed by atoms with E-state index in [-0.39, 0.29) is 48.7 Å². The molecule has 44 heavy (non-hydrogen) atoms. The van der Waals surface area contributed by atoms with Crippen molar-refractivity contribution in [3.8, 4) is 39.5 Å². The molecule has 0 unspecified atom stereocenters. The summed E-state index contributed by atoms with van der Waals surface area (Å²) in [6.07, 6.45) is 3.72. The van der Waals surface area contributed by atoms with E-state index in [0.717, 1.165) is 12.1 Å². The third-order valence-corrected chi connectivity index (χ3v) is 8.29. The molecular weight excluding hydrogens is 600 g/mol. The Balaban J connectivity index is 1.61. The van der Waals surface area contributed by atoms with Crippen molar-refractivity contribution in [1.29, 1.82) is 0 Å². The molecule has 0 aliphatic carbocycles. The zero-order chi connectivity index (χ0) is 31.1. The molecule has 14 heteroatoms. The van der Waals surface area contributed by atoms with E-state index in [1.165, 1.54) is 36.9 Å². The van der Waals surface area contributed by atoms with E-state index in [1.807, 2.05) is 6.92 Å². The summed E-state index contributed by atoms with van der Waals surface area (Å²) in [6, 6.07) is 5.18. The van der Waals surface area contributed by atoms with Crippen LogP contribution in [0.25, 0.3) is 43.9 Å². The second kappa shape index (κ2) is 11.8. The minimum absolute atomic E-state index is 0.0253. The van der Waals surface area contributed by atoms with Gasteiger partial charge in [0.15, 0.2) is 0 Å². The molecule has 0 bridgehead atoms. The summed E-state index contributed by atoms with van der Waals surface area (Å²) >= 11 is 1.28. The fourth-order valence-corrected chi connectivity index (χ4v) is 6.27. The van der Waals surface area contributed by atoms with Crippen LogP contribution in [-0.2, 0) is 22.6 Å². The predicted octanol–water partition coefficient (Wildman–Crippen LogP) is 6.31. The summed E-state index contributed by atoms with van der Waals surface area (Å²) in [5.74, 6) is -2.00. The van der Waals surface area contributed by atoms with Crippen LogP contribution in [0.2, 0.25) is 0 Å². The highest BCUT2D eigenvalue weighted by Crippen LogP contribution is 2.47. The quantitative estimate of drug-likeness (QED) is 0.108. The summed E-state index contributed by atoms with van der Waals surface area (Å²) in [5, 5.41) is 10.9. The first kappa shape index (κ1) is 29.5. The molecule has 1 aliphatic heterocycles. The Morgan fingerprint density at radius 3 is 2.75 bits per heavy atom. The van der Waals surface area contributed by atoms with Gasteiger partial charge in [0.1, 0.15) is 35.4 Å². The lowest BCUT2D eigenvalue weighted by Gasteiger charge is -2.33. The normalized spacial score (nSPS) is 14.8. The Morgan fingerprint density at radius 1 is 1.20 bits per heavy atom. The third kappa shape index (κ3) is 5.24. The number of nitrogens with zero attached hydrogens (tertiary/aromatic N) is 6. The average Bonchev–Trinajstić information content (AvgIpc) is 3.76. The molecule has 1 amide bonds. The number of rotatable bonds is 9. The van der Waals surface area contributed by atoms with Crippen LogP contribution in [0.15, 0.2) is 54.7 Å². The fourth-order valence-electron chi connectivity index (χ4n) is 5.32. The molecule has 5 aromatic rings. The van der Waals surface area contributed by atoms with Gasteiger partial charge in [-0.3, -0.25) is 9.48 Å². The van der Waals surface area contributed by atoms with Crippen molar-refractivity contribution in [1.82, 2.24) is 29.4 Å². The predicted molar refractivity (Wildman–Crippen MR) is 156 cm³/mol. The van der Waals surface area contributed by atoms with Crippen LogP contribution in [0.4, 0.5) is 17.6 Å². The van der Waals surface area contributed by atoms with Crippen molar-refractivity contribution in [3.63, 3.8) is 0 Å². The van der Waals surface area contributed by atoms with E-state index in [0.29, 0.717) is 49.5 Å². The molecule has 9 nitrogen and oxygen atoms in total. The number of amides is 1. The van der Waals surface area contributed by atoms with Crippen molar-refractivity contribution < 1.29 is 31.8 Å². The van der Waals surface area contributed by atoms with Crippen molar-refractivity contribution in [2.75, 3.05) is 20.3 Å². The first-order valence-electron chi connectivity index (χ1n) is 13.5. The van der Waals surface area contributed by atoms with Crippen molar-refractivity contribution in [3.05, 3.63) is 72.0 Å². The highest BCUT2D eigenvalue weighted by Gasteiger charge is 2.30. The van der Waals surface area contributed by atoms with Crippen molar-refractivity contribution in [2.45, 2.75) is 32.6 Å². The third-order valence-electron chi connectivity index (χ3n) is 7.36. The second-order valence-corrected chi connectivity index (χ2v) is 11.1. The van der Waals surface area contributed by atoms with Gasteiger partial charge in [-0.2, -0.15) is 19.0 Å². The van der Waals surface area contributed by atoms with Gasteiger partial charge in [0.25, 0.3) is 0 Å². The smallest absolute Gasteiger partial charge is 0.333 e. The lowest BCUT2D eigenvalue weighted by Crippen LogP contribution is -2.44. The zero-order valence-corrected chi connectivity index (χ0v) is 24.5. The number of aromatic nitrogens is 5. The molecule has 0 spiro atoms. The van der Waals surface area contributed by atoms with Gasteiger partial charge in [-0.25, -0.2) is 18.4 Å². The average molecular weight is 627 g/mol. The minimum atomic E-state index is -2.86. The van der Waals surface area contributed by atoms with Gasteiger partial charge in [-0.1, -0.05) is 6.58 Å². The summed E-state index contributed by atoms with van der Waals surface area (Å²) < 4.78 is 70.9. The molecule has 4 aromatic heterocycles. The fraction of sp³-hybridized carbons (Fsp3) is 0.267. The molecule has 1 atom stereocenters. The van der Waals surface area contributed by atoms with Crippen molar-refractivity contribution >= 4 is 27.3 Å². The Kier molecular flexibility index (Phi) is 7.95. The highest BCUT2D eigenvalue weighted by atomic mass is 32.1. The number of alkyl halides is 2. The lowest BCUT2D eigenvalue weighted by atomic mass is 9.97. The number of pyridine rings is 1. The second-order valence-electron chi connectivity index (χ2n) is 10.2. The first-order chi connectivity index (χ1) is 21.2. The maximum Gasteiger partial charge on any atom is 0.333 e. The van der Waals surface area contributed by atoms with E-state index >= 15 is 4.39 Å². The van der Waals surface area contributed by atoms with Gasteiger partial charge >= 0.3 is 6.55 Å². The maximum atomic E-state index is 15.9. The van der Waals surface area contributed by atoms with E-state index in [2.05, 4.69) is 11.7 Å². The Bertz CT molecular complexity index is 1880. The Labute approximate surface area is 252 Å². The molecule has 1 aromatic carbocycles. The summed E-state index contributed by atoms with van der Waals surface area (Å²) in [6.45, 7) is 3.46. The van der Waals surface area contributed by atoms with Crippen LogP contribution in [0.1, 0.15) is 19.2 Å². The van der Waals surface area contributed by atoms with Crippen LogP contribution in [0, 0.1) is 11.6 Å². The number of thiophene rings is 1. The number of ether oxygens (including phenoxy) is 2. The molecule has 0 saturated carbocycles. The number of methoxy groups -OCH3 is 1. The molecule has 228 valence electrons. The molecule has 0 saturated heterocycles. The number of fused-ring (bicyclic) bond motifs is 2. The zero-order valence-electron chi connectivity index (χ0n) is 23.6. The van der Waals surface area contributed by atoms with Gasteiger partial charge in [-0.15, -0.1) is 11.3 Å². The van der Waals surface area contributed by atoms with Gasteiger partial charge in [-0.05, 0) is 30.5 Å². The van der Waals surface area contributed by atoms with E-state index in [1.54, 1.807) is 27.1 Å². The van der Waals surface area contributed by atoms with Gasteiger partial charge in [0.2, 0.25) is 5.91 Å². The van der Waals surface area contributed by atoms with Crippen LogP contribution >= 0.6 is 11.3 Å². The van der Waals surface area contributed by atoms with Crippen LogP contribution < -0.4 is 4.74 Å². The standard InChI is InChI=1S/C30H26F4N6O3S/c1-4-24(41)38-15-19-11-22(37-39(19)13-16(38)2)28-26(25-21(32)9-18(31)10-23(25)43-7-6-42-3)29-20(5-8-44-29)27(36-28)17-12-35-40(14-17)30(33)34/h4-5,8-12,14,16,30H,1,6-7,13,15H2,2-3H3/t16-/m1/s1. The molecule has 0 N–H and O–H groups in total. The van der Waals surface area contributed by atoms with E-state index < -0.39 is 18.2 Å². The molecular formula is C30H26F4N6O3S. The molecule has 0 radical (unpaired) electrons. The maximum absolute atomic E-state index is 15.9. The molecule has 6 rings (SSSR count). The summed E-state index contributed by atoms with van der Waals surface area (Å²) in [4.78, 5) is 19.0. The van der Waals surface area contributed by atoms with Crippen LogP contribution in [-0.4, -0.2) is 61.7 Å². The summed E-state index contributed by atoms with van der Waals surface area (Å²) in [5.41, 5.74) is 2.19. The number of halogens is 4.